The number of alkyl halides is 2. The van der Waals surface area contributed by atoms with E-state index in [2.05, 4.69) is 4.74 Å². The lowest BCUT2D eigenvalue weighted by Gasteiger charge is -2.14. The second kappa shape index (κ2) is 4.38. The van der Waals surface area contributed by atoms with Gasteiger partial charge in [-0.05, 0) is 12.3 Å². The van der Waals surface area contributed by atoms with Crippen molar-refractivity contribution in [3.05, 3.63) is 0 Å². The maximum absolute atomic E-state index is 12.7. The fraction of sp³-hybridized carbons (Fsp3) is 0.875. The number of halogens is 2. The van der Waals surface area contributed by atoms with Crippen LogP contribution < -0.4 is 0 Å². The summed E-state index contributed by atoms with van der Waals surface area (Å²) in [4.78, 5) is 10.5. The zero-order chi connectivity index (χ0) is 9.78. The Hall–Kier alpha value is -0.670. The van der Waals surface area contributed by atoms with Crippen molar-refractivity contribution in [2.45, 2.75) is 32.6 Å². The quantitative estimate of drug-likeness (QED) is 0.620. The van der Waals surface area contributed by atoms with Gasteiger partial charge in [0.25, 0.3) is 0 Å². The average molecular weight is 180 g/mol. The van der Waals surface area contributed by atoms with E-state index in [0.717, 1.165) is 7.11 Å². The molecule has 0 saturated heterocycles. The summed E-state index contributed by atoms with van der Waals surface area (Å²) in [5, 5.41) is 0. The molecule has 2 nitrogen and oxygen atoms in total. The van der Waals surface area contributed by atoms with Crippen molar-refractivity contribution in [3.8, 4) is 0 Å². The van der Waals surface area contributed by atoms with Crippen LogP contribution in [-0.4, -0.2) is 19.0 Å². The van der Waals surface area contributed by atoms with Gasteiger partial charge < -0.3 is 4.74 Å². The normalized spacial score (nSPS) is 11.8. The molecule has 0 aromatic rings. The van der Waals surface area contributed by atoms with Crippen LogP contribution in [0.3, 0.4) is 0 Å². The second-order valence-electron chi connectivity index (χ2n) is 3.13. The molecule has 12 heavy (non-hydrogen) atoms. The van der Waals surface area contributed by atoms with Crippen LogP contribution in [0.5, 0.6) is 0 Å². The van der Waals surface area contributed by atoms with Gasteiger partial charge in [-0.15, -0.1) is 0 Å². The van der Waals surface area contributed by atoms with Crippen LogP contribution in [-0.2, 0) is 9.53 Å². The number of carbonyl (C=O) groups excluding carboxylic acids is 1. The minimum absolute atomic E-state index is 0.167. The predicted octanol–water partition coefficient (Wildman–Crippen LogP) is 2.23. The van der Waals surface area contributed by atoms with Crippen molar-refractivity contribution < 1.29 is 18.3 Å². The van der Waals surface area contributed by atoms with E-state index in [-0.39, 0.29) is 5.92 Å². The Kier molecular flexibility index (Phi) is 4.13. The van der Waals surface area contributed by atoms with E-state index in [0.29, 0.717) is 6.42 Å². The number of carbonyl (C=O) groups is 1. The third-order valence-corrected chi connectivity index (χ3v) is 1.52. The molecule has 0 aromatic heterocycles. The molecule has 0 radical (unpaired) electrons. The van der Waals surface area contributed by atoms with Gasteiger partial charge in [0.2, 0.25) is 0 Å². The standard InChI is InChI=1S/C8H14F2O2/c1-6(2)4-5-8(9,10)7(11)12-3/h6H,4-5H2,1-3H3. The van der Waals surface area contributed by atoms with Crippen molar-refractivity contribution >= 4 is 5.97 Å². The highest BCUT2D eigenvalue weighted by Crippen LogP contribution is 2.23. The molecule has 0 aliphatic rings. The molecule has 0 saturated carbocycles. The molecule has 0 heterocycles. The second-order valence-corrected chi connectivity index (χ2v) is 3.13. The molecule has 0 spiro atoms. The Labute approximate surface area is 70.9 Å². The van der Waals surface area contributed by atoms with E-state index >= 15 is 0 Å². The molecular weight excluding hydrogens is 166 g/mol. The molecular formula is C8H14F2O2. The lowest BCUT2D eigenvalue weighted by atomic mass is 10.0. The number of esters is 1. The summed E-state index contributed by atoms with van der Waals surface area (Å²) in [6.07, 6.45) is -0.112. The number of rotatable bonds is 4. The molecule has 0 rings (SSSR count). The maximum atomic E-state index is 12.7. The summed E-state index contributed by atoms with van der Waals surface area (Å²) in [7, 11) is 0.964. The molecule has 0 aliphatic carbocycles. The number of methoxy groups -OCH3 is 1. The van der Waals surface area contributed by atoms with Gasteiger partial charge in [-0.2, -0.15) is 8.78 Å². The van der Waals surface area contributed by atoms with Gasteiger partial charge in [0.1, 0.15) is 0 Å². The maximum Gasteiger partial charge on any atom is 0.376 e. The van der Waals surface area contributed by atoms with Crippen molar-refractivity contribution in [2.75, 3.05) is 7.11 Å². The van der Waals surface area contributed by atoms with Crippen LogP contribution in [0.1, 0.15) is 26.7 Å². The van der Waals surface area contributed by atoms with Gasteiger partial charge >= 0.3 is 11.9 Å². The lowest BCUT2D eigenvalue weighted by Crippen LogP contribution is -2.30. The van der Waals surface area contributed by atoms with Gasteiger partial charge in [0.15, 0.2) is 0 Å². The summed E-state index contributed by atoms with van der Waals surface area (Å²) in [5.74, 6) is -4.59. The first-order valence-electron chi connectivity index (χ1n) is 3.86. The average Bonchev–Trinajstić information content (AvgIpc) is 1.99. The zero-order valence-electron chi connectivity index (χ0n) is 7.56. The Balaban J connectivity index is 3.95. The van der Waals surface area contributed by atoms with E-state index in [9.17, 15) is 13.6 Å². The first kappa shape index (κ1) is 11.3. The fourth-order valence-corrected chi connectivity index (χ4v) is 0.721. The van der Waals surface area contributed by atoms with Crippen molar-refractivity contribution in [1.82, 2.24) is 0 Å². The van der Waals surface area contributed by atoms with Crippen LogP contribution in [0, 0.1) is 5.92 Å². The largest absolute Gasteiger partial charge is 0.465 e. The summed E-state index contributed by atoms with van der Waals surface area (Å²) in [6, 6.07) is 0. The molecule has 0 fully saturated rings. The Morgan fingerprint density at radius 2 is 2.00 bits per heavy atom. The van der Waals surface area contributed by atoms with Crippen molar-refractivity contribution in [2.24, 2.45) is 5.92 Å². The SMILES string of the molecule is COC(=O)C(F)(F)CCC(C)C. The monoisotopic (exact) mass is 180 g/mol. The van der Waals surface area contributed by atoms with Gasteiger partial charge in [-0.25, -0.2) is 4.79 Å². The van der Waals surface area contributed by atoms with Crippen LogP contribution >= 0.6 is 0 Å². The van der Waals surface area contributed by atoms with Crippen molar-refractivity contribution in [1.29, 1.82) is 0 Å². The van der Waals surface area contributed by atoms with E-state index in [4.69, 9.17) is 0 Å². The minimum Gasteiger partial charge on any atom is -0.465 e. The smallest absolute Gasteiger partial charge is 0.376 e. The Morgan fingerprint density at radius 1 is 1.50 bits per heavy atom. The Morgan fingerprint density at radius 3 is 2.33 bits per heavy atom. The topological polar surface area (TPSA) is 26.3 Å². The third kappa shape index (κ3) is 3.64. The Bertz CT molecular complexity index is 155. The summed E-state index contributed by atoms with van der Waals surface area (Å²) < 4.78 is 29.4. The first-order chi connectivity index (χ1) is 5.40. The molecule has 0 amide bonds. The molecule has 0 bridgehead atoms. The highest BCUT2D eigenvalue weighted by molar-refractivity contribution is 5.77. The van der Waals surface area contributed by atoms with Crippen LogP contribution in [0.25, 0.3) is 0 Å². The summed E-state index contributed by atoms with van der Waals surface area (Å²) in [6.45, 7) is 3.65. The predicted molar refractivity (Wildman–Crippen MR) is 41.0 cm³/mol. The molecule has 72 valence electrons. The van der Waals surface area contributed by atoms with Crippen LogP contribution in [0.15, 0.2) is 0 Å². The highest BCUT2D eigenvalue weighted by atomic mass is 19.3. The molecule has 0 N–H and O–H groups in total. The van der Waals surface area contributed by atoms with Gasteiger partial charge in [0.05, 0.1) is 7.11 Å². The first-order valence-corrected chi connectivity index (χ1v) is 3.86. The van der Waals surface area contributed by atoms with E-state index < -0.39 is 18.3 Å². The highest BCUT2D eigenvalue weighted by Gasteiger charge is 2.39. The molecule has 0 aliphatic heterocycles. The van der Waals surface area contributed by atoms with Crippen LogP contribution in [0.4, 0.5) is 8.78 Å². The summed E-state index contributed by atoms with van der Waals surface area (Å²) >= 11 is 0. The fourth-order valence-electron chi connectivity index (χ4n) is 0.721. The van der Waals surface area contributed by atoms with Crippen molar-refractivity contribution in [3.63, 3.8) is 0 Å². The molecule has 0 aromatic carbocycles. The van der Waals surface area contributed by atoms with E-state index in [1.54, 1.807) is 0 Å². The summed E-state index contributed by atoms with van der Waals surface area (Å²) in [5.41, 5.74) is 0. The lowest BCUT2D eigenvalue weighted by molar-refractivity contribution is -0.169. The zero-order valence-corrected chi connectivity index (χ0v) is 7.56. The number of hydrogen-bond donors (Lipinski definition) is 0. The van der Waals surface area contributed by atoms with Crippen LogP contribution in [0.2, 0.25) is 0 Å². The molecule has 0 atom stereocenters. The number of hydrogen-bond acceptors (Lipinski definition) is 2. The molecule has 4 heteroatoms. The van der Waals surface area contributed by atoms with Gasteiger partial charge in [0, 0.05) is 6.42 Å². The van der Waals surface area contributed by atoms with Gasteiger partial charge in [-0.3, -0.25) is 0 Å². The van der Waals surface area contributed by atoms with E-state index in [1.807, 2.05) is 13.8 Å². The minimum atomic E-state index is -3.32. The van der Waals surface area contributed by atoms with E-state index in [1.165, 1.54) is 0 Å². The third-order valence-electron chi connectivity index (χ3n) is 1.52. The number of ether oxygens (including phenoxy) is 1. The molecule has 0 unspecified atom stereocenters. The van der Waals surface area contributed by atoms with Gasteiger partial charge in [-0.1, -0.05) is 13.8 Å².